The number of carbonyl (C=O) groups is 1. The highest BCUT2D eigenvalue weighted by molar-refractivity contribution is 5.90. The van der Waals surface area contributed by atoms with Gasteiger partial charge < -0.3 is 9.84 Å². The van der Waals surface area contributed by atoms with Crippen LogP contribution in [0.15, 0.2) is 48.5 Å². The number of nitrogens with zero attached hydrogens (tertiary/aromatic N) is 2. The smallest absolute Gasteiger partial charge is 0.416 e. The van der Waals surface area contributed by atoms with Crippen LogP contribution in [0, 0.1) is 0 Å². The lowest BCUT2D eigenvalue weighted by molar-refractivity contribution is -0.137. The van der Waals surface area contributed by atoms with Crippen LogP contribution in [0.2, 0.25) is 0 Å². The Morgan fingerprint density at radius 3 is 2.54 bits per heavy atom. The molecule has 4 rings (SSSR count). The van der Waals surface area contributed by atoms with Crippen LogP contribution in [0.3, 0.4) is 0 Å². The second-order valence-corrected chi connectivity index (χ2v) is 5.75. The molecule has 0 aliphatic carbocycles. The maximum absolute atomic E-state index is 12.7. The van der Waals surface area contributed by atoms with Gasteiger partial charge >= 0.3 is 12.1 Å². The number of alkyl halides is 3. The molecule has 0 bridgehead atoms. The summed E-state index contributed by atoms with van der Waals surface area (Å²) in [5.41, 5.74) is 1.39. The summed E-state index contributed by atoms with van der Waals surface area (Å²) in [5, 5.41) is 13.7. The fourth-order valence-corrected chi connectivity index (χ4v) is 2.88. The topological polar surface area (TPSA) is 64.3 Å². The number of carboxylic acid groups (broad SMARTS) is 1. The van der Waals surface area contributed by atoms with Gasteiger partial charge in [-0.05, 0) is 24.3 Å². The minimum atomic E-state index is -4.40. The monoisotopic (exact) mass is 360 g/mol. The van der Waals surface area contributed by atoms with Gasteiger partial charge in [0.25, 0.3) is 0 Å². The van der Waals surface area contributed by atoms with E-state index in [0.29, 0.717) is 28.4 Å². The number of halogens is 3. The van der Waals surface area contributed by atoms with Gasteiger partial charge in [-0.3, -0.25) is 0 Å². The van der Waals surface area contributed by atoms with Crippen molar-refractivity contribution >= 4 is 5.97 Å². The third kappa shape index (κ3) is 2.59. The molecule has 2 heterocycles. The average molecular weight is 360 g/mol. The molecule has 0 saturated heterocycles. The zero-order chi connectivity index (χ0) is 18.5. The van der Waals surface area contributed by atoms with Crippen LogP contribution in [-0.4, -0.2) is 20.9 Å². The molecule has 0 saturated carbocycles. The molecule has 1 N–H and O–H groups in total. The molecule has 8 heteroatoms. The Labute approximate surface area is 145 Å². The van der Waals surface area contributed by atoms with E-state index in [4.69, 9.17) is 4.74 Å². The van der Waals surface area contributed by atoms with Gasteiger partial charge in [0.15, 0.2) is 0 Å². The number of benzene rings is 2. The van der Waals surface area contributed by atoms with E-state index in [-0.39, 0.29) is 12.2 Å². The van der Waals surface area contributed by atoms with Crippen LogP contribution in [0.25, 0.3) is 16.9 Å². The molecule has 2 aromatic carbocycles. The molecule has 1 aliphatic heterocycles. The van der Waals surface area contributed by atoms with Crippen LogP contribution < -0.4 is 4.74 Å². The van der Waals surface area contributed by atoms with Gasteiger partial charge in [-0.25, -0.2) is 9.48 Å². The van der Waals surface area contributed by atoms with Crippen molar-refractivity contribution in [2.24, 2.45) is 0 Å². The number of aromatic nitrogens is 2. The molecular formula is C18H11F3N2O3. The highest BCUT2D eigenvalue weighted by atomic mass is 19.4. The largest absolute Gasteiger partial charge is 0.478 e. The zero-order valence-electron chi connectivity index (χ0n) is 13.1. The lowest BCUT2D eigenvalue weighted by Gasteiger charge is -2.20. The van der Waals surface area contributed by atoms with E-state index in [0.717, 1.165) is 12.1 Å². The van der Waals surface area contributed by atoms with E-state index in [1.54, 1.807) is 18.2 Å². The third-order valence-corrected chi connectivity index (χ3v) is 4.16. The molecule has 5 nitrogen and oxygen atoms in total. The summed E-state index contributed by atoms with van der Waals surface area (Å²) in [6.07, 6.45) is -4.40. The van der Waals surface area contributed by atoms with Crippen LogP contribution in [0.5, 0.6) is 5.88 Å². The van der Waals surface area contributed by atoms with E-state index < -0.39 is 17.7 Å². The Balaban J connectivity index is 1.76. The first-order chi connectivity index (χ1) is 12.3. The molecule has 3 aromatic rings. The maximum atomic E-state index is 12.7. The highest BCUT2D eigenvalue weighted by Crippen LogP contribution is 2.35. The van der Waals surface area contributed by atoms with Crippen molar-refractivity contribution in [1.82, 2.24) is 9.78 Å². The van der Waals surface area contributed by atoms with E-state index in [9.17, 15) is 23.1 Å². The molecule has 0 unspecified atom stereocenters. The second-order valence-electron chi connectivity index (χ2n) is 5.75. The van der Waals surface area contributed by atoms with Crippen molar-refractivity contribution in [3.63, 3.8) is 0 Å². The summed E-state index contributed by atoms with van der Waals surface area (Å²) in [6.45, 7) is 0.0793. The van der Waals surface area contributed by atoms with Gasteiger partial charge in [-0.1, -0.05) is 18.2 Å². The summed E-state index contributed by atoms with van der Waals surface area (Å²) in [7, 11) is 0. The standard InChI is InChI=1S/C18H11F3N2O3/c19-18(20,21)11-6-4-10(5-7-11)14-8-16-23(22-14)15-3-1-2-12(17(24)25)13(15)9-26-16/h1-8H,9H2,(H,24,25). The molecule has 26 heavy (non-hydrogen) atoms. The van der Waals surface area contributed by atoms with E-state index in [1.807, 2.05) is 0 Å². The van der Waals surface area contributed by atoms with Crippen molar-refractivity contribution in [3.05, 3.63) is 65.2 Å². The summed E-state index contributed by atoms with van der Waals surface area (Å²) in [6, 6.07) is 11.1. The molecule has 0 amide bonds. The number of fused-ring (bicyclic) bond motifs is 3. The van der Waals surface area contributed by atoms with Crippen LogP contribution in [0.1, 0.15) is 21.5 Å². The van der Waals surface area contributed by atoms with Gasteiger partial charge in [0.05, 0.1) is 22.5 Å². The summed E-state index contributed by atoms with van der Waals surface area (Å²) in [4.78, 5) is 11.3. The summed E-state index contributed by atoms with van der Waals surface area (Å²) < 4.78 is 45.1. The summed E-state index contributed by atoms with van der Waals surface area (Å²) >= 11 is 0. The van der Waals surface area contributed by atoms with Gasteiger partial charge in [-0.15, -0.1) is 0 Å². The lowest BCUT2D eigenvalue weighted by atomic mass is 10.1. The van der Waals surface area contributed by atoms with Gasteiger partial charge in [-0.2, -0.15) is 18.3 Å². The fraction of sp³-hybridized carbons (Fsp3) is 0.111. The zero-order valence-corrected chi connectivity index (χ0v) is 13.1. The molecule has 1 aromatic heterocycles. The average Bonchev–Trinajstić information content (AvgIpc) is 3.05. The first kappa shape index (κ1) is 16.2. The molecule has 132 valence electrons. The van der Waals surface area contributed by atoms with E-state index >= 15 is 0 Å². The first-order valence-electron chi connectivity index (χ1n) is 7.60. The molecule has 0 spiro atoms. The molecule has 1 aliphatic rings. The Bertz CT molecular complexity index is 1010. The Kier molecular flexibility index (Phi) is 3.50. The normalized spacial score (nSPS) is 12.9. The van der Waals surface area contributed by atoms with E-state index in [2.05, 4.69) is 5.10 Å². The Hall–Kier alpha value is -3.29. The molecule has 0 fully saturated rings. The summed E-state index contributed by atoms with van der Waals surface area (Å²) in [5.74, 6) is -0.668. The van der Waals surface area contributed by atoms with Crippen LogP contribution >= 0.6 is 0 Å². The number of ether oxygens (including phenoxy) is 1. The molecule has 0 atom stereocenters. The number of carboxylic acids is 1. The number of hydrogen-bond donors (Lipinski definition) is 1. The molecule has 0 radical (unpaired) electrons. The SMILES string of the molecule is O=C(O)c1cccc2c1COc1cc(-c3ccc(C(F)(F)F)cc3)nn1-2. The van der Waals surface area contributed by atoms with Crippen LogP contribution in [-0.2, 0) is 12.8 Å². The highest BCUT2D eigenvalue weighted by Gasteiger charge is 2.30. The van der Waals surface area contributed by atoms with Crippen molar-refractivity contribution in [3.8, 4) is 22.8 Å². The van der Waals surface area contributed by atoms with Crippen molar-refractivity contribution in [2.45, 2.75) is 12.8 Å². The predicted molar refractivity (Wildman–Crippen MR) is 85.3 cm³/mol. The minimum absolute atomic E-state index is 0.0793. The number of aromatic carboxylic acids is 1. The minimum Gasteiger partial charge on any atom is -0.478 e. The quantitative estimate of drug-likeness (QED) is 0.746. The number of rotatable bonds is 2. The Morgan fingerprint density at radius 1 is 1.15 bits per heavy atom. The first-order valence-corrected chi connectivity index (χ1v) is 7.60. The van der Waals surface area contributed by atoms with Crippen molar-refractivity contribution in [2.75, 3.05) is 0 Å². The van der Waals surface area contributed by atoms with E-state index in [1.165, 1.54) is 22.9 Å². The van der Waals surface area contributed by atoms with Gasteiger partial charge in [0, 0.05) is 17.2 Å². The Morgan fingerprint density at radius 2 is 1.88 bits per heavy atom. The van der Waals surface area contributed by atoms with Gasteiger partial charge in [0.2, 0.25) is 5.88 Å². The third-order valence-electron chi connectivity index (χ3n) is 4.16. The van der Waals surface area contributed by atoms with Gasteiger partial charge in [0.1, 0.15) is 6.61 Å². The lowest BCUT2D eigenvalue weighted by Crippen LogP contribution is -2.16. The van der Waals surface area contributed by atoms with Crippen molar-refractivity contribution in [1.29, 1.82) is 0 Å². The maximum Gasteiger partial charge on any atom is 0.416 e. The number of hydrogen-bond acceptors (Lipinski definition) is 3. The van der Waals surface area contributed by atoms with Crippen LogP contribution in [0.4, 0.5) is 13.2 Å². The predicted octanol–water partition coefficient (Wildman–Crippen LogP) is 4.15. The molecular weight excluding hydrogens is 349 g/mol. The van der Waals surface area contributed by atoms with Crippen molar-refractivity contribution < 1.29 is 27.8 Å². The fourth-order valence-electron chi connectivity index (χ4n) is 2.88. The second kappa shape index (κ2) is 5.62.